The van der Waals surface area contributed by atoms with Crippen molar-refractivity contribution in [3.63, 3.8) is 0 Å². The molecule has 0 aliphatic rings. The van der Waals surface area contributed by atoms with Gasteiger partial charge >= 0.3 is 6.71 Å². The molecule has 102 valence electrons. The van der Waals surface area contributed by atoms with Gasteiger partial charge in [0, 0.05) is 6.07 Å². The lowest BCUT2D eigenvalue weighted by atomic mass is 9.40. The summed E-state index contributed by atoms with van der Waals surface area (Å²) in [5.41, 5.74) is 1.34. The molecule has 5 heteroatoms. The molecular weight excluding hydrogens is 255 g/mol. The van der Waals surface area contributed by atoms with Crippen LogP contribution in [0.15, 0.2) is 48.5 Å². The van der Waals surface area contributed by atoms with Crippen molar-refractivity contribution < 1.29 is 19.4 Å². The number of hydrogen-bond donors (Lipinski definition) is 1. The van der Waals surface area contributed by atoms with E-state index in [1.807, 2.05) is 18.2 Å². The van der Waals surface area contributed by atoms with Crippen LogP contribution in [0.3, 0.4) is 0 Å². The molecule has 0 aliphatic carbocycles. The van der Waals surface area contributed by atoms with Crippen LogP contribution in [0, 0.1) is 0 Å². The van der Waals surface area contributed by atoms with Crippen LogP contribution in [0.2, 0.25) is 0 Å². The Hall–Kier alpha value is -2.43. The largest absolute Gasteiger partial charge is 0.497 e. The Morgan fingerprint density at radius 1 is 0.950 bits per heavy atom. The van der Waals surface area contributed by atoms with Crippen molar-refractivity contribution in [2.75, 3.05) is 14.2 Å². The van der Waals surface area contributed by atoms with Gasteiger partial charge in [-0.25, -0.2) is 0 Å². The summed E-state index contributed by atoms with van der Waals surface area (Å²) in [6.45, 7) is -0.750. The van der Waals surface area contributed by atoms with Crippen molar-refractivity contribution >= 4 is 23.5 Å². The quantitative estimate of drug-likeness (QED) is 0.838. The highest BCUT2D eigenvalue weighted by atomic mass is 16.5. The molecule has 0 aliphatic heterocycles. The van der Waals surface area contributed by atoms with Crippen LogP contribution in [-0.4, -0.2) is 31.9 Å². The highest BCUT2D eigenvalue weighted by Crippen LogP contribution is 2.17. The van der Waals surface area contributed by atoms with E-state index in [4.69, 9.17) is 9.47 Å². The fourth-order valence-electron chi connectivity index (χ4n) is 2.12. The van der Waals surface area contributed by atoms with Gasteiger partial charge in [0.05, 0.1) is 14.2 Å². The van der Waals surface area contributed by atoms with Gasteiger partial charge < -0.3 is 14.6 Å². The van der Waals surface area contributed by atoms with Crippen molar-refractivity contribution in [3.05, 3.63) is 48.5 Å². The Bertz CT molecular complexity index is 576. The standard InChI is InChI=1S/C15H15BO4/c1-19-13-8-12(9-14(10-13)20-2)16(15(17)18)11-6-4-3-5-7-11/h3-10H,1-2H3,(H,17,18). The van der Waals surface area contributed by atoms with Crippen molar-refractivity contribution in [2.24, 2.45) is 0 Å². The predicted octanol–water partition coefficient (Wildman–Crippen LogP) is 1.57. The van der Waals surface area contributed by atoms with Gasteiger partial charge in [-0.2, -0.15) is 0 Å². The van der Waals surface area contributed by atoms with Gasteiger partial charge in [0.15, 0.2) is 0 Å². The molecule has 0 amide bonds. The molecule has 0 aromatic heterocycles. The number of hydrogen-bond acceptors (Lipinski definition) is 3. The number of carbonyl (C=O) groups is 1. The number of ether oxygens (including phenoxy) is 2. The maximum absolute atomic E-state index is 11.6. The van der Waals surface area contributed by atoms with Gasteiger partial charge in [0.1, 0.15) is 11.5 Å². The molecule has 1 N–H and O–H groups in total. The van der Waals surface area contributed by atoms with E-state index in [9.17, 15) is 9.90 Å². The minimum Gasteiger partial charge on any atom is -0.497 e. The highest BCUT2D eigenvalue weighted by Gasteiger charge is 2.28. The monoisotopic (exact) mass is 270 g/mol. The molecule has 0 spiro atoms. The molecule has 0 heterocycles. The lowest BCUT2D eigenvalue weighted by molar-refractivity contribution is 0.219. The molecule has 0 bridgehead atoms. The normalized spacial score (nSPS) is 9.90. The average Bonchev–Trinajstić information content (AvgIpc) is 2.47. The van der Waals surface area contributed by atoms with E-state index in [0.717, 1.165) is 5.46 Å². The summed E-state index contributed by atoms with van der Waals surface area (Å²) in [6.07, 6.45) is 0. The summed E-state index contributed by atoms with van der Waals surface area (Å²) >= 11 is 0. The fraction of sp³-hybridized carbons (Fsp3) is 0.133. The molecule has 2 aromatic carbocycles. The lowest BCUT2D eigenvalue weighted by Crippen LogP contribution is -2.48. The Balaban J connectivity index is 2.52. The van der Waals surface area contributed by atoms with Crippen LogP contribution in [-0.2, 0) is 0 Å². The number of carboxylic acid groups (broad SMARTS) is 1. The highest BCUT2D eigenvalue weighted by molar-refractivity contribution is 7.06. The molecule has 0 atom stereocenters. The second-order valence-corrected chi connectivity index (χ2v) is 4.33. The first-order valence-electron chi connectivity index (χ1n) is 6.16. The zero-order valence-corrected chi connectivity index (χ0v) is 11.4. The molecular formula is C15H15BO4. The minimum atomic E-state index is -0.911. The lowest BCUT2D eigenvalue weighted by Gasteiger charge is -2.13. The summed E-state index contributed by atoms with van der Waals surface area (Å²) in [5, 5.41) is 9.53. The molecule has 0 saturated carbocycles. The minimum absolute atomic E-state index is 0.571. The van der Waals surface area contributed by atoms with Crippen molar-refractivity contribution in [1.29, 1.82) is 0 Å². The smallest absolute Gasteiger partial charge is 0.343 e. The third-order valence-electron chi connectivity index (χ3n) is 3.09. The summed E-state index contributed by atoms with van der Waals surface area (Å²) in [6, 6.07) is 14.2. The maximum atomic E-state index is 11.6. The van der Waals surface area contributed by atoms with E-state index in [0.29, 0.717) is 17.0 Å². The van der Waals surface area contributed by atoms with Gasteiger partial charge in [-0.15, -0.1) is 0 Å². The third kappa shape index (κ3) is 2.94. The van der Waals surface area contributed by atoms with Crippen molar-refractivity contribution in [2.45, 2.75) is 0 Å². The van der Waals surface area contributed by atoms with Crippen LogP contribution >= 0.6 is 0 Å². The van der Waals surface area contributed by atoms with Crippen molar-refractivity contribution in [3.8, 4) is 11.5 Å². The Morgan fingerprint density at radius 2 is 1.50 bits per heavy atom. The predicted molar refractivity (Wildman–Crippen MR) is 79.0 cm³/mol. The number of benzene rings is 2. The van der Waals surface area contributed by atoms with Gasteiger partial charge in [0.25, 0.3) is 5.87 Å². The van der Waals surface area contributed by atoms with Crippen molar-refractivity contribution in [1.82, 2.24) is 0 Å². The van der Waals surface area contributed by atoms with E-state index in [2.05, 4.69) is 0 Å². The first kappa shape index (κ1) is 14.0. The molecule has 0 saturated heterocycles. The van der Waals surface area contributed by atoms with Gasteiger partial charge in [-0.3, -0.25) is 4.79 Å². The van der Waals surface area contributed by atoms with E-state index < -0.39 is 12.6 Å². The molecule has 0 fully saturated rings. The van der Waals surface area contributed by atoms with Crippen LogP contribution in [0.25, 0.3) is 0 Å². The van der Waals surface area contributed by atoms with E-state index in [1.165, 1.54) is 14.2 Å². The molecule has 0 unspecified atom stereocenters. The summed E-state index contributed by atoms with van der Waals surface area (Å²) in [5.74, 6) is 0.231. The van der Waals surface area contributed by atoms with Crippen LogP contribution in [0.5, 0.6) is 11.5 Å². The molecule has 2 rings (SSSR count). The van der Waals surface area contributed by atoms with Gasteiger partial charge in [-0.1, -0.05) is 41.3 Å². The molecule has 0 radical (unpaired) electrons. The Labute approximate surface area is 118 Å². The Morgan fingerprint density at radius 3 is 1.95 bits per heavy atom. The second-order valence-electron chi connectivity index (χ2n) is 4.33. The van der Waals surface area contributed by atoms with E-state index in [-0.39, 0.29) is 0 Å². The summed E-state index contributed by atoms with van der Waals surface area (Å²) < 4.78 is 10.4. The maximum Gasteiger partial charge on any atom is 0.343 e. The van der Waals surface area contributed by atoms with E-state index >= 15 is 0 Å². The summed E-state index contributed by atoms with van der Waals surface area (Å²) in [7, 11) is 3.08. The molecule has 20 heavy (non-hydrogen) atoms. The first-order chi connectivity index (χ1) is 9.65. The number of methoxy groups -OCH3 is 2. The van der Waals surface area contributed by atoms with Gasteiger partial charge in [-0.05, 0) is 12.1 Å². The fourth-order valence-corrected chi connectivity index (χ4v) is 2.12. The SMILES string of the molecule is COc1cc(OC)cc(B(C(=O)O)c2ccccc2)c1. The zero-order valence-electron chi connectivity index (χ0n) is 11.4. The number of rotatable bonds is 5. The van der Waals surface area contributed by atoms with Crippen LogP contribution < -0.4 is 20.4 Å². The topological polar surface area (TPSA) is 55.8 Å². The third-order valence-corrected chi connectivity index (χ3v) is 3.09. The van der Waals surface area contributed by atoms with Gasteiger partial charge in [0.2, 0.25) is 0 Å². The Kier molecular flexibility index (Phi) is 4.30. The van der Waals surface area contributed by atoms with Crippen LogP contribution in [0.1, 0.15) is 0 Å². The van der Waals surface area contributed by atoms with E-state index in [1.54, 1.807) is 30.3 Å². The summed E-state index contributed by atoms with van der Waals surface area (Å²) in [4.78, 5) is 11.6. The first-order valence-corrected chi connectivity index (χ1v) is 6.16. The van der Waals surface area contributed by atoms with Crippen LogP contribution in [0.4, 0.5) is 4.79 Å². The molecule has 4 nitrogen and oxygen atoms in total. The average molecular weight is 270 g/mol. The zero-order chi connectivity index (χ0) is 14.5. The second kappa shape index (κ2) is 6.15. The molecule has 2 aromatic rings.